The molecule has 0 aliphatic heterocycles. The van der Waals surface area contributed by atoms with Crippen LogP contribution in [0.5, 0.6) is 0 Å². The predicted molar refractivity (Wildman–Crippen MR) is 67.0 cm³/mol. The van der Waals surface area contributed by atoms with Crippen molar-refractivity contribution in [1.82, 2.24) is 10.3 Å². The van der Waals surface area contributed by atoms with Crippen molar-refractivity contribution in [2.75, 3.05) is 0 Å². The summed E-state index contributed by atoms with van der Waals surface area (Å²) in [6.45, 7) is 0. The molecule has 0 saturated heterocycles. The Morgan fingerprint density at radius 1 is 1.39 bits per heavy atom. The molecule has 3 N–H and O–H groups in total. The van der Waals surface area contributed by atoms with Gasteiger partial charge >= 0.3 is 0 Å². The van der Waals surface area contributed by atoms with Crippen molar-refractivity contribution in [2.45, 2.75) is 25.3 Å². The first-order chi connectivity index (χ1) is 8.58. The van der Waals surface area contributed by atoms with Crippen molar-refractivity contribution < 1.29 is 9.59 Å². The third-order valence-corrected chi connectivity index (χ3v) is 3.38. The van der Waals surface area contributed by atoms with E-state index in [0.29, 0.717) is 5.02 Å². The van der Waals surface area contributed by atoms with Gasteiger partial charge in [0.2, 0.25) is 5.91 Å². The fourth-order valence-electron chi connectivity index (χ4n) is 2.23. The van der Waals surface area contributed by atoms with Gasteiger partial charge < -0.3 is 11.1 Å². The molecule has 1 heterocycles. The molecule has 1 aliphatic carbocycles. The average Bonchev–Trinajstić information content (AvgIpc) is 2.78. The number of carbonyl (C=O) groups is 2. The molecule has 1 saturated carbocycles. The van der Waals surface area contributed by atoms with Gasteiger partial charge in [-0.2, -0.15) is 0 Å². The Bertz CT molecular complexity index is 461. The summed E-state index contributed by atoms with van der Waals surface area (Å²) in [6, 6.07) is 2.96. The highest BCUT2D eigenvalue weighted by molar-refractivity contribution is 6.30. The number of carbonyl (C=O) groups excluding carboxylic acids is 2. The number of amides is 2. The number of aromatic nitrogens is 1. The lowest BCUT2D eigenvalue weighted by molar-refractivity contribution is -0.122. The maximum Gasteiger partial charge on any atom is 0.270 e. The second-order valence-corrected chi connectivity index (χ2v) is 4.82. The van der Waals surface area contributed by atoms with Gasteiger partial charge in [0.15, 0.2) is 0 Å². The van der Waals surface area contributed by atoms with Gasteiger partial charge in [-0.25, -0.2) is 4.98 Å². The average molecular weight is 268 g/mol. The molecule has 0 radical (unpaired) electrons. The monoisotopic (exact) mass is 267 g/mol. The maximum absolute atomic E-state index is 11.9. The van der Waals surface area contributed by atoms with Crippen LogP contribution in [0.4, 0.5) is 0 Å². The molecule has 96 valence electrons. The van der Waals surface area contributed by atoms with Gasteiger partial charge in [-0.1, -0.05) is 18.0 Å². The van der Waals surface area contributed by atoms with Gasteiger partial charge in [-0.3, -0.25) is 9.59 Å². The Balaban J connectivity index is 2.03. The van der Waals surface area contributed by atoms with E-state index in [-0.39, 0.29) is 29.5 Å². The number of nitrogens with zero attached hydrogens (tertiary/aromatic N) is 1. The van der Waals surface area contributed by atoms with E-state index >= 15 is 0 Å². The summed E-state index contributed by atoms with van der Waals surface area (Å²) >= 11 is 5.70. The number of primary amides is 1. The van der Waals surface area contributed by atoms with Crippen LogP contribution < -0.4 is 11.1 Å². The predicted octanol–water partition coefficient (Wildman–Crippen LogP) is 1.12. The Kier molecular flexibility index (Phi) is 3.81. The van der Waals surface area contributed by atoms with Crippen LogP contribution in [-0.2, 0) is 4.79 Å². The number of hydrogen-bond acceptors (Lipinski definition) is 3. The van der Waals surface area contributed by atoms with Gasteiger partial charge in [-0.15, -0.1) is 0 Å². The van der Waals surface area contributed by atoms with Crippen molar-refractivity contribution >= 4 is 23.4 Å². The lowest BCUT2D eigenvalue weighted by Crippen LogP contribution is -2.42. The second kappa shape index (κ2) is 5.35. The molecule has 5 nitrogen and oxygen atoms in total. The minimum Gasteiger partial charge on any atom is -0.369 e. The molecule has 2 amide bonds. The molecular weight excluding hydrogens is 254 g/mol. The Hall–Kier alpha value is -1.62. The van der Waals surface area contributed by atoms with Crippen molar-refractivity contribution in [3.8, 4) is 0 Å². The van der Waals surface area contributed by atoms with Crippen LogP contribution in [0, 0.1) is 5.92 Å². The maximum atomic E-state index is 11.9. The fraction of sp³-hybridized carbons (Fsp3) is 0.417. The SMILES string of the molecule is NC(=O)[C@@H]1CCC[C@@H]1NC(=O)c1ccc(Cl)cn1. The summed E-state index contributed by atoms with van der Waals surface area (Å²) in [5.74, 6) is -0.937. The molecule has 0 spiro atoms. The lowest BCUT2D eigenvalue weighted by atomic mass is 10.0. The van der Waals surface area contributed by atoms with Gasteiger partial charge in [0.05, 0.1) is 10.9 Å². The van der Waals surface area contributed by atoms with Crippen LogP contribution in [0.3, 0.4) is 0 Å². The molecule has 1 fully saturated rings. The van der Waals surface area contributed by atoms with Crippen LogP contribution in [-0.4, -0.2) is 22.8 Å². The third kappa shape index (κ3) is 2.79. The zero-order valence-electron chi connectivity index (χ0n) is 9.73. The van der Waals surface area contributed by atoms with Gasteiger partial charge in [-0.05, 0) is 25.0 Å². The first kappa shape index (κ1) is 12.8. The molecular formula is C12H14ClN3O2. The fourth-order valence-corrected chi connectivity index (χ4v) is 2.34. The van der Waals surface area contributed by atoms with Crippen LogP contribution in [0.2, 0.25) is 5.02 Å². The molecule has 1 aromatic rings. The summed E-state index contributed by atoms with van der Waals surface area (Å²) in [5, 5.41) is 3.28. The highest BCUT2D eigenvalue weighted by Gasteiger charge is 2.32. The van der Waals surface area contributed by atoms with E-state index in [2.05, 4.69) is 10.3 Å². The molecule has 1 aliphatic rings. The number of pyridine rings is 1. The first-order valence-electron chi connectivity index (χ1n) is 5.79. The Morgan fingerprint density at radius 3 is 2.78 bits per heavy atom. The highest BCUT2D eigenvalue weighted by Crippen LogP contribution is 2.25. The largest absolute Gasteiger partial charge is 0.369 e. The van der Waals surface area contributed by atoms with E-state index < -0.39 is 0 Å². The molecule has 0 unspecified atom stereocenters. The Morgan fingerprint density at radius 2 is 2.17 bits per heavy atom. The van der Waals surface area contributed by atoms with Crippen LogP contribution in [0.15, 0.2) is 18.3 Å². The smallest absolute Gasteiger partial charge is 0.270 e. The highest BCUT2D eigenvalue weighted by atomic mass is 35.5. The lowest BCUT2D eigenvalue weighted by Gasteiger charge is -2.17. The number of halogens is 1. The van der Waals surface area contributed by atoms with E-state index in [0.717, 1.165) is 19.3 Å². The van der Waals surface area contributed by atoms with E-state index in [9.17, 15) is 9.59 Å². The van der Waals surface area contributed by atoms with Gasteiger partial charge in [0.25, 0.3) is 5.91 Å². The molecule has 1 aromatic heterocycles. The Labute approximate surface area is 110 Å². The van der Waals surface area contributed by atoms with Gasteiger partial charge in [0, 0.05) is 12.2 Å². The number of rotatable bonds is 3. The summed E-state index contributed by atoms with van der Waals surface area (Å²) in [4.78, 5) is 27.1. The van der Waals surface area contributed by atoms with Crippen molar-refractivity contribution in [1.29, 1.82) is 0 Å². The van der Waals surface area contributed by atoms with Crippen LogP contribution >= 0.6 is 11.6 Å². The van der Waals surface area contributed by atoms with Gasteiger partial charge in [0.1, 0.15) is 5.69 Å². The van der Waals surface area contributed by atoms with Crippen molar-refractivity contribution in [3.63, 3.8) is 0 Å². The normalized spacial score (nSPS) is 22.7. The minimum absolute atomic E-state index is 0.188. The van der Waals surface area contributed by atoms with E-state index in [1.807, 2.05) is 0 Å². The van der Waals surface area contributed by atoms with Crippen LogP contribution in [0.1, 0.15) is 29.8 Å². The molecule has 2 rings (SSSR count). The number of nitrogens with two attached hydrogens (primary N) is 1. The topological polar surface area (TPSA) is 85.1 Å². The van der Waals surface area contributed by atoms with Crippen molar-refractivity contribution in [2.24, 2.45) is 11.7 Å². The van der Waals surface area contributed by atoms with E-state index in [4.69, 9.17) is 17.3 Å². The summed E-state index contributed by atoms with van der Waals surface area (Å²) < 4.78 is 0. The summed E-state index contributed by atoms with van der Waals surface area (Å²) in [5.41, 5.74) is 5.59. The zero-order valence-corrected chi connectivity index (χ0v) is 10.5. The third-order valence-electron chi connectivity index (χ3n) is 3.16. The number of nitrogens with one attached hydrogen (secondary N) is 1. The van der Waals surface area contributed by atoms with Crippen molar-refractivity contribution in [3.05, 3.63) is 29.0 Å². The number of hydrogen-bond donors (Lipinski definition) is 2. The van der Waals surface area contributed by atoms with E-state index in [1.165, 1.54) is 6.20 Å². The zero-order chi connectivity index (χ0) is 13.1. The van der Waals surface area contributed by atoms with E-state index in [1.54, 1.807) is 12.1 Å². The summed E-state index contributed by atoms with van der Waals surface area (Å²) in [7, 11) is 0. The first-order valence-corrected chi connectivity index (χ1v) is 6.17. The summed E-state index contributed by atoms with van der Waals surface area (Å²) in [6.07, 6.45) is 3.81. The molecule has 6 heteroatoms. The van der Waals surface area contributed by atoms with Crippen LogP contribution in [0.25, 0.3) is 0 Å². The molecule has 2 atom stereocenters. The molecule has 18 heavy (non-hydrogen) atoms. The quantitative estimate of drug-likeness (QED) is 0.861. The standard InChI is InChI=1S/C12H14ClN3O2/c13-7-4-5-10(15-6-7)12(18)16-9-3-1-2-8(9)11(14)17/h4-6,8-9H,1-3H2,(H2,14,17)(H,16,18)/t8-,9+/m1/s1. The minimum atomic E-state index is -0.359. The molecule has 0 aromatic carbocycles. The second-order valence-electron chi connectivity index (χ2n) is 4.38. The molecule has 0 bridgehead atoms.